The molecule has 1 fully saturated rings. The van der Waals surface area contributed by atoms with E-state index in [-0.39, 0.29) is 0 Å². The summed E-state index contributed by atoms with van der Waals surface area (Å²) in [7, 11) is 0. The Morgan fingerprint density at radius 2 is 1.47 bits per heavy atom. The lowest BCUT2D eigenvalue weighted by atomic mass is 9.94. The number of hydrogen-bond acceptors (Lipinski definition) is 1. The van der Waals surface area contributed by atoms with E-state index in [1.54, 1.807) is 0 Å². The number of likely N-dealkylation sites (tertiary alicyclic amines) is 1. The molecule has 0 amide bonds. The van der Waals surface area contributed by atoms with E-state index in [9.17, 15) is 0 Å². The lowest BCUT2D eigenvalue weighted by Gasteiger charge is -2.34. The summed E-state index contributed by atoms with van der Waals surface area (Å²) >= 11 is 0. The van der Waals surface area contributed by atoms with E-state index >= 15 is 0 Å². The van der Waals surface area contributed by atoms with E-state index < -0.39 is 0 Å². The van der Waals surface area contributed by atoms with Crippen molar-refractivity contribution in [3.8, 4) is 0 Å². The Kier molecular flexibility index (Phi) is 4.61. The summed E-state index contributed by atoms with van der Waals surface area (Å²) in [4.78, 5) is 2.70. The average Bonchev–Trinajstić information content (AvgIpc) is 2.59. The second-order valence-corrected chi connectivity index (χ2v) is 5.55. The van der Waals surface area contributed by atoms with Gasteiger partial charge in [0.25, 0.3) is 0 Å². The van der Waals surface area contributed by atoms with Gasteiger partial charge in [0.15, 0.2) is 0 Å². The van der Waals surface area contributed by atoms with Gasteiger partial charge in [-0.05, 0) is 37.4 Å². The van der Waals surface area contributed by atoms with Gasteiger partial charge in [0.1, 0.15) is 0 Å². The van der Waals surface area contributed by atoms with Gasteiger partial charge >= 0.3 is 0 Å². The van der Waals surface area contributed by atoms with Gasteiger partial charge < -0.3 is 0 Å². The standard InChI is InChI=1S/C16H25N/c1-14(2)16(15-10-6-5-7-11-15)17-12-8-3-4-9-13-17/h5-7,10-11,14,16H,3-4,8-9,12-13H2,1-2H3. The fourth-order valence-electron chi connectivity index (χ4n) is 3.04. The van der Waals surface area contributed by atoms with E-state index in [0.717, 1.165) is 0 Å². The molecule has 0 N–H and O–H groups in total. The predicted molar refractivity (Wildman–Crippen MR) is 74.1 cm³/mol. The minimum Gasteiger partial charge on any atom is -0.296 e. The van der Waals surface area contributed by atoms with E-state index in [1.807, 2.05) is 0 Å². The molecule has 0 bridgehead atoms. The molecule has 0 radical (unpaired) electrons. The summed E-state index contributed by atoms with van der Waals surface area (Å²) in [5.41, 5.74) is 1.49. The van der Waals surface area contributed by atoms with Crippen molar-refractivity contribution in [2.24, 2.45) is 5.92 Å². The molecule has 1 heteroatoms. The van der Waals surface area contributed by atoms with E-state index in [1.165, 1.54) is 44.3 Å². The Balaban J connectivity index is 2.16. The molecule has 1 aromatic carbocycles. The van der Waals surface area contributed by atoms with E-state index in [4.69, 9.17) is 0 Å². The molecule has 1 nitrogen and oxygen atoms in total. The molecular formula is C16H25N. The fraction of sp³-hybridized carbons (Fsp3) is 0.625. The van der Waals surface area contributed by atoms with Crippen LogP contribution in [0.2, 0.25) is 0 Å². The van der Waals surface area contributed by atoms with E-state index in [0.29, 0.717) is 12.0 Å². The maximum Gasteiger partial charge on any atom is 0.0371 e. The van der Waals surface area contributed by atoms with Crippen molar-refractivity contribution >= 4 is 0 Å². The molecule has 0 aliphatic carbocycles. The lowest BCUT2D eigenvalue weighted by Crippen LogP contribution is -2.32. The summed E-state index contributed by atoms with van der Waals surface area (Å²) in [6.45, 7) is 7.25. The summed E-state index contributed by atoms with van der Waals surface area (Å²) in [6, 6.07) is 11.6. The Hall–Kier alpha value is -0.820. The van der Waals surface area contributed by atoms with Crippen LogP contribution in [0, 0.1) is 5.92 Å². The van der Waals surface area contributed by atoms with Crippen LogP contribution in [-0.4, -0.2) is 18.0 Å². The molecule has 0 aromatic heterocycles. The molecule has 1 saturated heterocycles. The monoisotopic (exact) mass is 231 g/mol. The first-order valence-electron chi connectivity index (χ1n) is 7.08. The maximum absolute atomic E-state index is 2.70. The second kappa shape index (κ2) is 6.20. The third-order valence-electron chi connectivity index (χ3n) is 3.81. The highest BCUT2D eigenvalue weighted by Gasteiger charge is 2.23. The molecule has 0 saturated carbocycles. The predicted octanol–water partition coefficient (Wildman–Crippen LogP) is 4.26. The highest BCUT2D eigenvalue weighted by atomic mass is 15.2. The highest BCUT2D eigenvalue weighted by molar-refractivity contribution is 5.19. The SMILES string of the molecule is CC(C)C(c1ccccc1)N1CCCCCC1. The molecule has 1 unspecified atom stereocenters. The van der Waals surface area contributed by atoms with Crippen LogP contribution in [0.5, 0.6) is 0 Å². The third-order valence-corrected chi connectivity index (χ3v) is 3.81. The lowest BCUT2D eigenvalue weighted by molar-refractivity contribution is 0.161. The van der Waals surface area contributed by atoms with Crippen LogP contribution >= 0.6 is 0 Å². The molecule has 1 atom stereocenters. The first kappa shape index (κ1) is 12.6. The Bertz CT molecular complexity index is 310. The zero-order valence-electron chi connectivity index (χ0n) is 11.2. The highest BCUT2D eigenvalue weighted by Crippen LogP contribution is 2.30. The van der Waals surface area contributed by atoms with Crippen molar-refractivity contribution in [3.63, 3.8) is 0 Å². The second-order valence-electron chi connectivity index (χ2n) is 5.55. The summed E-state index contributed by atoms with van der Waals surface area (Å²) in [5, 5.41) is 0. The molecule has 1 aromatic rings. The van der Waals surface area contributed by atoms with Gasteiger partial charge in [-0.2, -0.15) is 0 Å². The quantitative estimate of drug-likeness (QED) is 0.751. The molecule has 1 aliphatic rings. The van der Waals surface area contributed by atoms with Crippen LogP contribution in [0.3, 0.4) is 0 Å². The van der Waals surface area contributed by atoms with Crippen LogP contribution in [0.4, 0.5) is 0 Å². The van der Waals surface area contributed by atoms with Crippen LogP contribution in [-0.2, 0) is 0 Å². The number of rotatable bonds is 3. The summed E-state index contributed by atoms with van der Waals surface area (Å²) < 4.78 is 0. The number of hydrogen-bond donors (Lipinski definition) is 0. The molecule has 94 valence electrons. The topological polar surface area (TPSA) is 3.24 Å². The van der Waals surface area contributed by atoms with Crippen molar-refractivity contribution < 1.29 is 0 Å². The van der Waals surface area contributed by atoms with Crippen molar-refractivity contribution in [1.82, 2.24) is 4.90 Å². The van der Waals surface area contributed by atoms with Crippen molar-refractivity contribution in [2.75, 3.05) is 13.1 Å². The molecule has 1 aliphatic heterocycles. The molecule has 2 rings (SSSR count). The fourth-order valence-corrected chi connectivity index (χ4v) is 3.04. The number of nitrogens with zero attached hydrogens (tertiary/aromatic N) is 1. The van der Waals surface area contributed by atoms with Crippen LogP contribution in [0.25, 0.3) is 0 Å². The normalized spacial score (nSPS) is 20.2. The smallest absolute Gasteiger partial charge is 0.0371 e. The van der Waals surface area contributed by atoms with Gasteiger partial charge in [0, 0.05) is 6.04 Å². The maximum atomic E-state index is 2.70. The van der Waals surface area contributed by atoms with E-state index in [2.05, 4.69) is 49.1 Å². The molecule has 0 spiro atoms. The van der Waals surface area contributed by atoms with Gasteiger partial charge in [-0.3, -0.25) is 4.90 Å². The van der Waals surface area contributed by atoms with Gasteiger partial charge in [0.2, 0.25) is 0 Å². The Labute approximate surface area is 106 Å². The minimum atomic E-state index is 0.606. The van der Waals surface area contributed by atoms with Crippen molar-refractivity contribution in [1.29, 1.82) is 0 Å². The average molecular weight is 231 g/mol. The van der Waals surface area contributed by atoms with Crippen LogP contribution < -0.4 is 0 Å². The van der Waals surface area contributed by atoms with Gasteiger partial charge in [-0.1, -0.05) is 57.0 Å². The van der Waals surface area contributed by atoms with Crippen LogP contribution in [0.15, 0.2) is 30.3 Å². The third kappa shape index (κ3) is 3.32. The van der Waals surface area contributed by atoms with Gasteiger partial charge in [-0.25, -0.2) is 0 Å². The van der Waals surface area contributed by atoms with Crippen molar-refractivity contribution in [3.05, 3.63) is 35.9 Å². The van der Waals surface area contributed by atoms with Gasteiger partial charge in [0.05, 0.1) is 0 Å². The Morgan fingerprint density at radius 3 is 2.00 bits per heavy atom. The zero-order chi connectivity index (χ0) is 12.1. The summed E-state index contributed by atoms with van der Waals surface area (Å²) in [5.74, 6) is 0.690. The van der Waals surface area contributed by atoms with Crippen LogP contribution in [0.1, 0.15) is 51.1 Å². The Morgan fingerprint density at radius 1 is 0.882 bits per heavy atom. The molecule has 1 heterocycles. The minimum absolute atomic E-state index is 0.606. The largest absolute Gasteiger partial charge is 0.296 e. The zero-order valence-corrected chi connectivity index (χ0v) is 11.2. The molecular weight excluding hydrogens is 206 g/mol. The summed E-state index contributed by atoms with van der Waals surface area (Å²) in [6.07, 6.45) is 5.57. The number of benzene rings is 1. The first-order chi connectivity index (χ1) is 8.29. The van der Waals surface area contributed by atoms with Gasteiger partial charge in [-0.15, -0.1) is 0 Å². The molecule has 17 heavy (non-hydrogen) atoms. The first-order valence-corrected chi connectivity index (χ1v) is 7.08. The van der Waals surface area contributed by atoms with Crippen molar-refractivity contribution in [2.45, 2.75) is 45.6 Å².